The molecule has 3 N–H and O–H groups in total. The molecular weight excluding hydrogens is 292 g/mol. The second-order valence-electron chi connectivity index (χ2n) is 4.82. The monoisotopic (exact) mass is 303 g/mol. The van der Waals surface area contributed by atoms with Gasteiger partial charge in [0.1, 0.15) is 11.6 Å². The van der Waals surface area contributed by atoms with Crippen molar-refractivity contribution in [1.29, 1.82) is 0 Å². The number of carboxylic acid groups (broad SMARTS) is 1. The molecule has 0 saturated carbocycles. The van der Waals surface area contributed by atoms with Gasteiger partial charge in [-0.05, 0) is 24.3 Å². The molecule has 0 amide bonds. The summed E-state index contributed by atoms with van der Waals surface area (Å²) >= 11 is 0. The van der Waals surface area contributed by atoms with Gasteiger partial charge in [-0.1, -0.05) is 6.07 Å². The summed E-state index contributed by atoms with van der Waals surface area (Å²) in [5.74, 6) is -2.58. The molecule has 0 saturated heterocycles. The number of nitrogens with two attached hydrogens (primary N) is 1. The van der Waals surface area contributed by atoms with Crippen LogP contribution in [0.2, 0.25) is 0 Å². The van der Waals surface area contributed by atoms with Crippen molar-refractivity contribution in [2.45, 2.75) is 6.54 Å². The first-order valence-corrected chi connectivity index (χ1v) is 6.39. The van der Waals surface area contributed by atoms with Gasteiger partial charge < -0.3 is 10.8 Å². The number of rotatable bonds is 3. The fourth-order valence-corrected chi connectivity index (χ4v) is 2.28. The number of nitrogens with zero attached hydrogens (tertiary/aromatic N) is 2. The van der Waals surface area contributed by atoms with Gasteiger partial charge in [-0.25, -0.2) is 13.6 Å². The van der Waals surface area contributed by atoms with Gasteiger partial charge >= 0.3 is 5.97 Å². The molecule has 0 spiro atoms. The van der Waals surface area contributed by atoms with Crippen molar-refractivity contribution in [1.82, 2.24) is 9.78 Å². The smallest absolute Gasteiger partial charge is 0.357 e. The Labute approximate surface area is 123 Å². The van der Waals surface area contributed by atoms with Crippen molar-refractivity contribution in [2.75, 3.05) is 5.73 Å². The van der Waals surface area contributed by atoms with Crippen molar-refractivity contribution in [3.63, 3.8) is 0 Å². The maximum absolute atomic E-state index is 13.8. The van der Waals surface area contributed by atoms with E-state index in [0.717, 1.165) is 12.1 Å². The Balaban J connectivity index is 2.14. The van der Waals surface area contributed by atoms with Crippen molar-refractivity contribution >= 4 is 22.6 Å². The van der Waals surface area contributed by atoms with Gasteiger partial charge in [0.25, 0.3) is 0 Å². The average Bonchev–Trinajstić information content (AvgIpc) is 2.80. The molecule has 0 atom stereocenters. The lowest BCUT2D eigenvalue weighted by atomic mass is 10.2. The van der Waals surface area contributed by atoms with E-state index >= 15 is 0 Å². The van der Waals surface area contributed by atoms with E-state index in [-0.39, 0.29) is 17.8 Å². The van der Waals surface area contributed by atoms with E-state index < -0.39 is 17.6 Å². The Morgan fingerprint density at radius 1 is 1.23 bits per heavy atom. The number of anilines is 1. The normalized spacial score (nSPS) is 11.0. The van der Waals surface area contributed by atoms with E-state index in [4.69, 9.17) is 5.73 Å². The summed E-state index contributed by atoms with van der Waals surface area (Å²) in [6, 6.07) is 7.89. The van der Waals surface area contributed by atoms with E-state index in [1.54, 1.807) is 18.2 Å². The second kappa shape index (κ2) is 5.10. The van der Waals surface area contributed by atoms with Crippen LogP contribution < -0.4 is 5.73 Å². The van der Waals surface area contributed by atoms with E-state index in [0.29, 0.717) is 16.6 Å². The van der Waals surface area contributed by atoms with Gasteiger partial charge in [0.05, 0.1) is 12.1 Å². The third-order valence-electron chi connectivity index (χ3n) is 3.31. The molecule has 22 heavy (non-hydrogen) atoms. The maximum Gasteiger partial charge on any atom is 0.357 e. The quantitative estimate of drug-likeness (QED) is 0.729. The number of carboxylic acids is 1. The zero-order valence-electron chi connectivity index (χ0n) is 11.3. The average molecular weight is 303 g/mol. The highest BCUT2D eigenvalue weighted by molar-refractivity contribution is 6.01. The molecule has 1 aromatic heterocycles. The zero-order chi connectivity index (χ0) is 15.9. The highest BCUT2D eigenvalue weighted by atomic mass is 19.1. The van der Waals surface area contributed by atoms with Crippen LogP contribution in [-0.2, 0) is 6.54 Å². The molecule has 0 aliphatic rings. The molecular formula is C15H11F2N3O2. The first-order chi connectivity index (χ1) is 10.5. The molecule has 0 unspecified atom stereocenters. The number of benzene rings is 2. The van der Waals surface area contributed by atoms with Crippen LogP contribution >= 0.6 is 0 Å². The molecule has 5 nitrogen and oxygen atoms in total. The Bertz CT molecular complexity index is 890. The van der Waals surface area contributed by atoms with Gasteiger partial charge in [-0.2, -0.15) is 5.10 Å². The topological polar surface area (TPSA) is 81.1 Å². The minimum atomic E-state index is -1.19. The van der Waals surface area contributed by atoms with Crippen LogP contribution in [0.3, 0.4) is 0 Å². The van der Waals surface area contributed by atoms with Gasteiger partial charge in [0, 0.05) is 22.7 Å². The minimum absolute atomic E-state index is 0.0284. The van der Waals surface area contributed by atoms with Crippen LogP contribution in [0.4, 0.5) is 14.5 Å². The van der Waals surface area contributed by atoms with Crippen molar-refractivity contribution in [3.05, 3.63) is 59.3 Å². The van der Waals surface area contributed by atoms with Crippen molar-refractivity contribution in [2.24, 2.45) is 0 Å². The number of fused-ring (bicyclic) bond motifs is 1. The summed E-state index contributed by atoms with van der Waals surface area (Å²) in [6.07, 6.45) is 0. The van der Waals surface area contributed by atoms with E-state index in [2.05, 4.69) is 5.10 Å². The maximum atomic E-state index is 13.8. The zero-order valence-corrected chi connectivity index (χ0v) is 11.3. The van der Waals surface area contributed by atoms with Gasteiger partial charge in [0.15, 0.2) is 5.69 Å². The van der Waals surface area contributed by atoms with E-state index in [1.807, 2.05) is 0 Å². The lowest BCUT2D eigenvalue weighted by molar-refractivity contribution is 0.0691. The Kier molecular flexibility index (Phi) is 3.25. The lowest BCUT2D eigenvalue weighted by Gasteiger charge is -2.05. The Hall–Kier alpha value is -2.96. The molecule has 3 aromatic rings. The molecule has 112 valence electrons. The minimum Gasteiger partial charge on any atom is -0.476 e. The number of halogens is 2. The number of carbonyl (C=O) groups is 1. The highest BCUT2D eigenvalue weighted by Crippen LogP contribution is 2.23. The molecule has 7 heteroatoms. The molecule has 0 fully saturated rings. The molecule has 1 heterocycles. The highest BCUT2D eigenvalue weighted by Gasteiger charge is 2.17. The van der Waals surface area contributed by atoms with Gasteiger partial charge in [-0.3, -0.25) is 4.68 Å². The lowest BCUT2D eigenvalue weighted by Crippen LogP contribution is -2.06. The number of hydrogen-bond donors (Lipinski definition) is 2. The standard InChI is InChI=1S/C15H11F2N3O2/c16-9-2-1-8(12(17)5-9)7-20-13-6-10(18)3-4-11(13)14(19-20)15(21)22/h1-6H,7,18H2,(H,21,22). The summed E-state index contributed by atoms with van der Waals surface area (Å²) in [6.45, 7) is -0.0284. The fraction of sp³-hybridized carbons (Fsp3) is 0.0667. The molecule has 0 aliphatic carbocycles. The summed E-state index contributed by atoms with van der Waals surface area (Å²) in [7, 11) is 0. The number of aromatic carboxylic acids is 1. The second-order valence-corrected chi connectivity index (χ2v) is 4.82. The largest absolute Gasteiger partial charge is 0.476 e. The summed E-state index contributed by atoms with van der Waals surface area (Å²) < 4.78 is 28.0. The molecule has 2 aromatic carbocycles. The number of hydrogen-bond acceptors (Lipinski definition) is 3. The summed E-state index contributed by atoms with van der Waals surface area (Å²) in [5, 5.41) is 13.6. The predicted molar refractivity (Wildman–Crippen MR) is 76.6 cm³/mol. The number of aromatic nitrogens is 2. The molecule has 3 rings (SSSR count). The Morgan fingerprint density at radius 3 is 2.68 bits per heavy atom. The van der Waals surface area contributed by atoms with Crippen LogP contribution in [-0.4, -0.2) is 20.9 Å². The molecule has 0 bridgehead atoms. The SMILES string of the molecule is Nc1ccc2c(C(=O)O)nn(Cc3ccc(F)cc3F)c2c1. The third kappa shape index (κ3) is 2.37. The van der Waals surface area contributed by atoms with Crippen molar-refractivity contribution in [3.8, 4) is 0 Å². The van der Waals surface area contributed by atoms with Gasteiger partial charge in [0.2, 0.25) is 0 Å². The Morgan fingerprint density at radius 2 is 2.00 bits per heavy atom. The molecule has 0 aliphatic heterocycles. The predicted octanol–water partition coefficient (Wildman–Crippen LogP) is 2.64. The van der Waals surface area contributed by atoms with E-state index in [9.17, 15) is 18.7 Å². The first-order valence-electron chi connectivity index (χ1n) is 6.39. The summed E-state index contributed by atoms with van der Waals surface area (Å²) in [4.78, 5) is 11.2. The van der Waals surface area contributed by atoms with Crippen LogP contribution in [0.25, 0.3) is 10.9 Å². The van der Waals surface area contributed by atoms with Crippen LogP contribution in [0.1, 0.15) is 16.1 Å². The third-order valence-corrected chi connectivity index (χ3v) is 3.31. The van der Waals surface area contributed by atoms with Crippen molar-refractivity contribution < 1.29 is 18.7 Å². The summed E-state index contributed by atoms with van der Waals surface area (Å²) in [5.41, 5.74) is 6.68. The first kappa shape index (κ1) is 14.0. The van der Waals surface area contributed by atoms with Crippen LogP contribution in [0, 0.1) is 11.6 Å². The number of nitrogen functional groups attached to an aromatic ring is 1. The fourth-order valence-electron chi connectivity index (χ4n) is 2.28. The van der Waals surface area contributed by atoms with E-state index in [1.165, 1.54) is 10.7 Å². The molecule has 0 radical (unpaired) electrons. The van der Waals surface area contributed by atoms with Gasteiger partial charge in [-0.15, -0.1) is 0 Å². The van der Waals surface area contributed by atoms with Crippen LogP contribution in [0.5, 0.6) is 0 Å². The van der Waals surface area contributed by atoms with Crippen LogP contribution in [0.15, 0.2) is 36.4 Å².